The molecule has 4 aromatic rings. The number of anilines is 2. The lowest BCUT2D eigenvalue weighted by atomic mass is 10.1. The summed E-state index contributed by atoms with van der Waals surface area (Å²) in [6.45, 7) is 2.11. The number of pyridine rings is 1. The van der Waals surface area contributed by atoms with Gasteiger partial charge < -0.3 is 14.5 Å². The molecule has 0 bridgehead atoms. The van der Waals surface area contributed by atoms with E-state index >= 15 is 0 Å². The van der Waals surface area contributed by atoms with Crippen molar-refractivity contribution in [3.05, 3.63) is 77.8 Å². The zero-order chi connectivity index (χ0) is 28.2. The number of benzene rings is 1. The van der Waals surface area contributed by atoms with Crippen LogP contribution in [0, 0.1) is 12.8 Å². The third kappa shape index (κ3) is 4.88. The maximum absolute atomic E-state index is 12.8. The summed E-state index contributed by atoms with van der Waals surface area (Å²) in [6.07, 6.45) is 8.61. The molecule has 3 fully saturated rings. The Bertz CT molecular complexity index is 1710. The molecule has 0 unspecified atom stereocenters. The van der Waals surface area contributed by atoms with E-state index in [0.29, 0.717) is 34.4 Å². The monoisotopic (exact) mass is 551 g/mol. The maximum atomic E-state index is 12.8. The fraction of sp³-hybridized carbons (Fsp3) is 0.333. The van der Waals surface area contributed by atoms with Crippen LogP contribution in [0.25, 0.3) is 5.65 Å². The van der Waals surface area contributed by atoms with Gasteiger partial charge in [-0.1, -0.05) is 6.07 Å². The van der Waals surface area contributed by atoms with Gasteiger partial charge in [-0.15, -0.1) is 0 Å². The topological polar surface area (TPSA) is 122 Å². The number of imide groups is 1. The van der Waals surface area contributed by atoms with Crippen LogP contribution in [0.15, 0.2) is 55.0 Å². The van der Waals surface area contributed by atoms with E-state index in [1.165, 1.54) is 11.9 Å². The van der Waals surface area contributed by atoms with E-state index < -0.39 is 0 Å². The standard InChI is InChI=1S/C30H29N7O4/c1-17-8-9-31-27(32-17)23-12-24(23)29(39)34-20-4-3-5-22(11-20)41-16-21-14-36-13-19(18-6-7-18)10-25(28(36)33-21)37-15-26(38)35(2)30(37)40/h3-5,8-11,13-14,18,23-24H,6-7,12,15-16H2,1-2H3,(H,34,39)/t23-,24-/m0/s1. The minimum absolute atomic E-state index is 0.00403. The summed E-state index contributed by atoms with van der Waals surface area (Å²) in [5.41, 5.74) is 4.57. The summed E-state index contributed by atoms with van der Waals surface area (Å²) in [7, 11) is 1.50. The van der Waals surface area contributed by atoms with E-state index in [4.69, 9.17) is 9.72 Å². The van der Waals surface area contributed by atoms with Crippen molar-refractivity contribution < 1.29 is 19.1 Å². The summed E-state index contributed by atoms with van der Waals surface area (Å²) in [4.78, 5) is 54.0. The van der Waals surface area contributed by atoms with Crippen molar-refractivity contribution in [2.75, 3.05) is 23.8 Å². The summed E-state index contributed by atoms with van der Waals surface area (Å²) < 4.78 is 7.96. The number of urea groups is 1. The highest BCUT2D eigenvalue weighted by atomic mass is 16.5. The number of carbonyl (C=O) groups is 3. The van der Waals surface area contributed by atoms with Crippen molar-refractivity contribution in [1.82, 2.24) is 24.3 Å². The van der Waals surface area contributed by atoms with E-state index in [-0.39, 0.29) is 42.8 Å². The number of fused-ring (bicyclic) bond motifs is 1. The third-order valence-corrected chi connectivity index (χ3v) is 7.89. The van der Waals surface area contributed by atoms with Crippen molar-refractivity contribution in [1.29, 1.82) is 0 Å². The number of carbonyl (C=O) groups excluding carboxylic acids is 3. The van der Waals surface area contributed by atoms with E-state index in [1.54, 1.807) is 12.3 Å². The van der Waals surface area contributed by atoms with E-state index in [2.05, 4.69) is 15.3 Å². The Balaban J connectivity index is 1.05. The van der Waals surface area contributed by atoms with Crippen LogP contribution < -0.4 is 15.0 Å². The highest BCUT2D eigenvalue weighted by Crippen LogP contribution is 2.46. The molecule has 4 heterocycles. The van der Waals surface area contributed by atoms with E-state index in [0.717, 1.165) is 41.2 Å². The molecule has 2 saturated carbocycles. The molecule has 11 nitrogen and oxygen atoms in total. The molecule has 3 aromatic heterocycles. The van der Waals surface area contributed by atoms with Crippen LogP contribution in [-0.2, 0) is 16.2 Å². The van der Waals surface area contributed by atoms with Gasteiger partial charge in [0.05, 0.1) is 11.4 Å². The molecule has 41 heavy (non-hydrogen) atoms. The normalized spacial score (nSPS) is 20.1. The van der Waals surface area contributed by atoms with Crippen molar-refractivity contribution in [2.24, 2.45) is 5.92 Å². The Labute approximate surface area is 236 Å². The third-order valence-electron chi connectivity index (χ3n) is 7.89. The fourth-order valence-corrected chi connectivity index (χ4v) is 5.32. The average Bonchev–Trinajstić information content (AvgIpc) is 3.89. The molecular weight excluding hydrogens is 522 g/mol. The largest absolute Gasteiger partial charge is 0.487 e. The summed E-state index contributed by atoms with van der Waals surface area (Å²) in [5.74, 6) is 1.37. The smallest absolute Gasteiger partial charge is 0.331 e. The number of aryl methyl sites for hydroxylation is 1. The van der Waals surface area contributed by atoms with Crippen LogP contribution in [0.1, 0.15) is 53.9 Å². The van der Waals surface area contributed by atoms with Gasteiger partial charge in [0, 0.05) is 54.9 Å². The van der Waals surface area contributed by atoms with Crippen molar-refractivity contribution in [2.45, 2.75) is 44.6 Å². The number of nitrogens with one attached hydrogen (secondary N) is 1. The van der Waals surface area contributed by atoms with Crippen LogP contribution in [0.3, 0.4) is 0 Å². The highest BCUT2D eigenvalue weighted by molar-refractivity contribution is 6.13. The first-order valence-electron chi connectivity index (χ1n) is 13.8. The number of likely N-dealkylation sites (N-methyl/N-ethyl adjacent to an activating group) is 1. The number of rotatable bonds is 8. The van der Waals surface area contributed by atoms with Crippen molar-refractivity contribution >= 4 is 34.9 Å². The van der Waals surface area contributed by atoms with Gasteiger partial charge in [-0.25, -0.2) is 19.7 Å². The minimum atomic E-state index is -0.353. The highest BCUT2D eigenvalue weighted by Gasteiger charge is 2.46. The SMILES string of the molecule is Cc1ccnc([C@H]2C[C@@H]2C(=O)Nc2cccc(OCc3cn4cc(C5CC5)cc(N5CC(=O)N(C)C5=O)c4n3)c2)n1. The fourth-order valence-electron chi connectivity index (χ4n) is 5.32. The molecule has 1 saturated heterocycles. The number of ether oxygens (including phenoxy) is 1. The Morgan fingerprint density at radius 1 is 1.12 bits per heavy atom. The number of hydrogen-bond donors (Lipinski definition) is 1. The maximum Gasteiger partial charge on any atom is 0.331 e. The predicted molar refractivity (Wildman–Crippen MR) is 150 cm³/mol. The molecule has 1 aliphatic heterocycles. The number of aromatic nitrogens is 4. The van der Waals surface area contributed by atoms with Crippen LogP contribution >= 0.6 is 0 Å². The number of nitrogens with zero attached hydrogens (tertiary/aromatic N) is 6. The van der Waals surface area contributed by atoms with Gasteiger partial charge in [-0.3, -0.25) is 19.4 Å². The summed E-state index contributed by atoms with van der Waals surface area (Å²) in [5, 5.41) is 2.99. The van der Waals surface area contributed by atoms with Gasteiger partial charge in [0.15, 0.2) is 5.65 Å². The van der Waals surface area contributed by atoms with Gasteiger partial charge in [-0.2, -0.15) is 0 Å². The first-order valence-corrected chi connectivity index (χ1v) is 13.8. The Morgan fingerprint density at radius 3 is 2.73 bits per heavy atom. The van der Waals surface area contributed by atoms with Gasteiger partial charge >= 0.3 is 6.03 Å². The van der Waals surface area contributed by atoms with Crippen molar-refractivity contribution in [3.63, 3.8) is 0 Å². The molecule has 2 atom stereocenters. The van der Waals surface area contributed by atoms with E-state index in [9.17, 15) is 14.4 Å². The van der Waals surface area contributed by atoms with Crippen LogP contribution in [-0.4, -0.2) is 55.7 Å². The second kappa shape index (κ2) is 9.69. The van der Waals surface area contributed by atoms with Gasteiger partial charge in [-0.05, 0) is 61.9 Å². The van der Waals surface area contributed by atoms with Gasteiger partial charge in [0.25, 0.3) is 0 Å². The number of imidazole rings is 1. The molecular formula is C30H29N7O4. The molecule has 7 rings (SSSR count). The summed E-state index contributed by atoms with van der Waals surface area (Å²) in [6, 6.07) is 10.7. The molecule has 1 aromatic carbocycles. The second-order valence-corrected chi connectivity index (χ2v) is 11.0. The second-order valence-electron chi connectivity index (χ2n) is 11.0. The van der Waals surface area contributed by atoms with Crippen LogP contribution in [0.4, 0.5) is 16.2 Å². The zero-order valence-electron chi connectivity index (χ0n) is 22.8. The quantitative estimate of drug-likeness (QED) is 0.328. The van der Waals surface area contributed by atoms with Gasteiger partial charge in [0.1, 0.15) is 24.7 Å². The Morgan fingerprint density at radius 2 is 1.98 bits per heavy atom. The van der Waals surface area contributed by atoms with Gasteiger partial charge in [0.2, 0.25) is 11.8 Å². The zero-order valence-corrected chi connectivity index (χ0v) is 22.8. The lowest BCUT2D eigenvalue weighted by Gasteiger charge is -2.17. The summed E-state index contributed by atoms with van der Waals surface area (Å²) >= 11 is 0. The Kier molecular flexibility index (Phi) is 5.95. The van der Waals surface area contributed by atoms with Crippen LogP contribution in [0.5, 0.6) is 5.75 Å². The minimum Gasteiger partial charge on any atom is -0.487 e. The molecule has 1 N–H and O–H groups in total. The molecule has 0 radical (unpaired) electrons. The first-order chi connectivity index (χ1) is 19.8. The number of amides is 4. The molecule has 0 spiro atoms. The van der Waals surface area contributed by atoms with Crippen molar-refractivity contribution in [3.8, 4) is 5.75 Å². The molecule has 3 aliphatic rings. The molecule has 208 valence electrons. The molecule has 4 amide bonds. The predicted octanol–water partition coefficient (Wildman–Crippen LogP) is 4.03. The molecule has 11 heteroatoms. The Hall–Kier alpha value is -4.80. The van der Waals surface area contributed by atoms with Crippen LogP contribution in [0.2, 0.25) is 0 Å². The van der Waals surface area contributed by atoms with E-state index in [1.807, 2.05) is 54.0 Å². The molecule has 2 aliphatic carbocycles. The number of hydrogen-bond acceptors (Lipinski definition) is 7. The lowest BCUT2D eigenvalue weighted by Crippen LogP contribution is -2.30. The average molecular weight is 552 g/mol. The lowest BCUT2D eigenvalue weighted by molar-refractivity contribution is -0.124. The first kappa shape index (κ1) is 25.2.